The zero-order valence-electron chi connectivity index (χ0n) is 16.4. The quantitative estimate of drug-likeness (QED) is 0.467. The summed E-state index contributed by atoms with van der Waals surface area (Å²) in [6.45, 7) is 8.51. The summed E-state index contributed by atoms with van der Waals surface area (Å²) in [5, 5.41) is 8.36. The highest BCUT2D eigenvalue weighted by atomic mass is 19.1. The van der Waals surface area contributed by atoms with Crippen LogP contribution in [0.15, 0.2) is 29.5 Å². The second-order valence-corrected chi connectivity index (χ2v) is 7.39. The number of carbonyl (C=O) groups is 2. The van der Waals surface area contributed by atoms with Gasteiger partial charge in [-0.25, -0.2) is 8.78 Å². The SMILES string of the molecule is C=C(NC=NC(C)(C)C(C)=O)NC(=O)CNC1CCc2cc(F)cc(F)c2C1. The maximum absolute atomic E-state index is 13.9. The Morgan fingerprint density at radius 3 is 2.75 bits per heavy atom. The Morgan fingerprint density at radius 1 is 1.36 bits per heavy atom. The molecule has 1 unspecified atom stereocenters. The zero-order valence-corrected chi connectivity index (χ0v) is 16.4. The number of carbonyl (C=O) groups excluding carboxylic acids is 2. The first kappa shape index (κ1) is 21.7. The summed E-state index contributed by atoms with van der Waals surface area (Å²) in [4.78, 5) is 27.5. The van der Waals surface area contributed by atoms with Crippen molar-refractivity contribution in [3.05, 3.63) is 47.3 Å². The molecule has 1 aromatic carbocycles. The molecule has 3 N–H and O–H groups in total. The number of nitrogens with zero attached hydrogens (tertiary/aromatic N) is 1. The number of hydrogen-bond donors (Lipinski definition) is 3. The third kappa shape index (κ3) is 5.95. The van der Waals surface area contributed by atoms with E-state index in [4.69, 9.17) is 0 Å². The molecule has 0 heterocycles. The van der Waals surface area contributed by atoms with E-state index < -0.39 is 17.2 Å². The number of aryl methyl sites for hydroxylation is 1. The molecule has 1 aliphatic rings. The van der Waals surface area contributed by atoms with E-state index >= 15 is 0 Å². The highest BCUT2D eigenvalue weighted by Crippen LogP contribution is 2.25. The molecular weight excluding hydrogens is 366 g/mol. The van der Waals surface area contributed by atoms with Gasteiger partial charge in [-0.1, -0.05) is 6.58 Å². The van der Waals surface area contributed by atoms with Crippen LogP contribution in [0.5, 0.6) is 0 Å². The molecule has 0 spiro atoms. The summed E-state index contributed by atoms with van der Waals surface area (Å²) in [6.07, 6.45) is 2.97. The Morgan fingerprint density at radius 2 is 2.07 bits per heavy atom. The van der Waals surface area contributed by atoms with Crippen LogP contribution in [-0.4, -0.2) is 36.2 Å². The summed E-state index contributed by atoms with van der Waals surface area (Å²) in [6, 6.07) is 2.18. The molecule has 0 fully saturated rings. The third-order valence-electron chi connectivity index (χ3n) is 4.79. The van der Waals surface area contributed by atoms with E-state index in [1.807, 2.05) is 0 Å². The maximum atomic E-state index is 13.9. The van der Waals surface area contributed by atoms with Crippen molar-refractivity contribution in [3.63, 3.8) is 0 Å². The second-order valence-electron chi connectivity index (χ2n) is 7.39. The molecule has 1 aromatic rings. The molecular formula is C20H26F2N4O2. The monoisotopic (exact) mass is 392 g/mol. The van der Waals surface area contributed by atoms with Crippen molar-refractivity contribution in [2.45, 2.75) is 51.6 Å². The molecule has 2 rings (SSSR count). The number of amides is 1. The van der Waals surface area contributed by atoms with Crippen LogP contribution in [-0.2, 0) is 22.4 Å². The van der Waals surface area contributed by atoms with Gasteiger partial charge < -0.3 is 16.0 Å². The van der Waals surface area contributed by atoms with Gasteiger partial charge in [-0.3, -0.25) is 14.6 Å². The van der Waals surface area contributed by atoms with Gasteiger partial charge in [0.2, 0.25) is 5.91 Å². The lowest BCUT2D eigenvalue weighted by atomic mass is 9.88. The molecule has 0 aliphatic heterocycles. The lowest BCUT2D eigenvalue weighted by Gasteiger charge is -2.26. The van der Waals surface area contributed by atoms with Gasteiger partial charge in [-0.05, 0) is 57.2 Å². The van der Waals surface area contributed by atoms with Crippen molar-refractivity contribution in [3.8, 4) is 0 Å². The number of halogens is 2. The number of hydrogen-bond acceptors (Lipinski definition) is 4. The normalized spacial score (nSPS) is 16.5. The van der Waals surface area contributed by atoms with Crippen LogP contribution in [0.4, 0.5) is 8.78 Å². The van der Waals surface area contributed by atoms with Crippen molar-refractivity contribution in [2.75, 3.05) is 6.54 Å². The highest BCUT2D eigenvalue weighted by Gasteiger charge is 2.23. The molecule has 0 saturated heterocycles. The number of fused-ring (bicyclic) bond motifs is 1. The average Bonchev–Trinajstić information content (AvgIpc) is 2.59. The molecule has 0 aromatic heterocycles. The van der Waals surface area contributed by atoms with Crippen LogP contribution < -0.4 is 16.0 Å². The lowest BCUT2D eigenvalue weighted by molar-refractivity contribution is -0.121. The van der Waals surface area contributed by atoms with Crippen LogP contribution in [0.1, 0.15) is 38.3 Å². The predicted octanol–water partition coefficient (Wildman–Crippen LogP) is 1.98. The van der Waals surface area contributed by atoms with Crippen molar-refractivity contribution >= 4 is 18.0 Å². The van der Waals surface area contributed by atoms with Gasteiger partial charge >= 0.3 is 0 Å². The van der Waals surface area contributed by atoms with E-state index in [0.717, 1.165) is 6.07 Å². The Balaban J connectivity index is 1.77. The molecule has 1 aliphatic carbocycles. The summed E-state index contributed by atoms with van der Waals surface area (Å²) < 4.78 is 27.2. The number of ketones is 1. The van der Waals surface area contributed by atoms with Crippen molar-refractivity contribution in [2.24, 2.45) is 4.99 Å². The number of Topliss-reactive ketones (excluding diaryl/α,β-unsaturated/α-hetero) is 1. The molecule has 0 radical (unpaired) electrons. The van der Waals surface area contributed by atoms with Crippen LogP contribution in [0.2, 0.25) is 0 Å². The Kier molecular flexibility index (Phi) is 7.01. The number of rotatable bonds is 8. The molecule has 28 heavy (non-hydrogen) atoms. The summed E-state index contributed by atoms with van der Waals surface area (Å²) in [5.74, 6) is -1.29. The standard InChI is InChI=1S/C20H26F2N4O2/c1-12(27)20(3,4)25-11-24-13(2)26-19(28)10-23-16-6-5-14-7-15(21)8-18(22)17(14)9-16/h7-8,11,16,23H,2,5-6,9-10H2,1,3-4H3,(H,24,25)(H,26,28). The van der Waals surface area contributed by atoms with E-state index in [0.29, 0.717) is 30.4 Å². The number of aliphatic imine (C=N–C) groups is 1. The Labute approximate surface area is 163 Å². The van der Waals surface area contributed by atoms with Gasteiger partial charge in [-0.2, -0.15) is 0 Å². The van der Waals surface area contributed by atoms with E-state index in [9.17, 15) is 18.4 Å². The van der Waals surface area contributed by atoms with Crippen LogP contribution in [0.3, 0.4) is 0 Å². The smallest absolute Gasteiger partial charge is 0.239 e. The molecule has 6 nitrogen and oxygen atoms in total. The first-order valence-corrected chi connectivity index (χ1v) is 9.08. The fourth-order valence-corrected chi connectivity index (χ4v) is 2.81. The first-order valence-electron chi connectivity index (χ1n) is 9.08. The largest absolute Gasteiger partial charge is 0.333 e. The van der Waals surface area contributed by atoms with Crippen LogP contribution >= 0.6 is 0 Å². The summed E-state index contributed by atoms with van der Waals surface area (Å²) in [7, 11) is 0. The minimum absolute atomic E-state index is 0.0274. The maximum Gasteiger partial charge on any atom is 0.239 e. The van der Waals surface area contributed by atoms with Crippen molar-refractivity contribution in [1.29, 1.82) is 0 Å². The molecule has 0 bridgehead atoms. The van der Waals surface area contributed by atoms with Gasteiger partial charge in [0.05, 0.1) is 12.9 Å². The Hall–Kier alpha value is -2.61. The van der Waals surface area contributed by atoms with Crippen molar-refractivity contribution in [1.82, 2.24) is 16.0 Å². The zero-order chi connectivity index (χ0) is 20.9. The third-order valence-corrected chi connectivity index (χ3v) is 4.79. The second kappa shape index (κ2) is 9.05. The predicted molar refractivity (Wildman–Crippen MR) is 104 cm³/mol. The minimum Gasteiger partial charge on any atom is -0.333 e. The van der Waals surface area contributed by atoms with Gasteiger partial charge in [0, 0.05) is 12.1 Å². The topological polar surface area (TPSA) is 82.6 Å². The van der Waals surface area contributed by atoms with Crippen LogP contribution in [0.25, 0.3) is 0 Å². The molecule has 8 heteroatoms. The number of nitrogens with one attached hydrogen (secondary N) is 3. The number of benzene rings is 1. The van der Waals surface area contributed by atoms with Gasteiger partial charge in [-0.15, -0.1) is 0 Å². The minimum atomic E-state index is -0.853. The highest BCUT2D eigenvalue weighted by molar-refractivity contribution is 5.86. The van der Waals surface area contributed by atoms with Gasteiger partial charge in [0.25, 0.3) is 0 Å². The van der Waals surface area contributed by atoms with E-state index in [-0.39, 0.29) is 30.1 Å². The Bertz CT molecular complexity index is 806. The van der Waals surface area contributed by atoms with E-state index in [1.165, 1.54) is 19.3 Å². The first-order chi connectivity index (χ1) is 13.1. The fourth-order valence-electron chi connectivity index (χ4n) is 2.81. The van der Waals surface area contributed by atoms with Crippen LogP contribution in [0, 0.1) is 11.6 Å². The van der Waals surface area contributed by atoms with Gasteiger partial charge in [0.15, 0.2) is 5.78 Å². The summed E-state index contributed by atoms with van der Waals surface area (Å²) in [5.41, 5.74) is 0.334. The molecule has 0 saturated carbocycles. The molecule has 1 amide bonds. The average molecular weight is 392 g/mol. The molecule has 1 atom stereocenters. The fraction of sp³-hybridized carbons (Fsp3) is 0.450. The lowest BCUT2D eigenvalue weighted by Crippen LogP contribution is -2.43. The summed E-state index contributed by atoms with van der Waals surface area (Å²) >= 11 is 0. The van der Waals surface area contributed by atoms with E-state index in [2.05, 4.69) is 27.5 Å². The van der Waals surface area contributed by atoms with Crippen molar-refractivity contribution < 1.29 is 18.4 Å². The molecule has 152 valence electrons. The van der Waals surface area contributed by atoms with E-state index in [1.54, 1.807) is 13.8 Å². The van der Waals surface area contributed by atoms with Gasteiger partial charge in [0.1, 0.15) is 23.0 Å².